The lowest BCUT2D eigenvalue weighted by Crippen LogP contribution is -2.41. The molecule has 1 heterocycles. The van der Waals surface area contributed by atoms with Crippen LogP contribution < -0.4 is 4.74 Å². The molecule has 1 aliphatic heterocycles. The first-order valence-electron chi connectivity index (χ1n) is 7.78. The van der Waals surface area contributed by atoms with Crippen molar-refractivity contribution >= 4 is 35.2 Å². The quantitative estimate of drug-likeness (QED) is 0.306. The van der Waals surface area contributed by atoms with Gasteiger partial charge in [0.25, 0.3) is 0 Å². The molecule has 1 aliphatic rings. The molecule has 0 fully saturated rings. The van der Waals surface area contributed by atoms with Crippen LogP contribution >= 0.6 is 23.2 Å². The van der Waals surface area contributed by atoms with E-state index >= 15 is 0 Å². The third-order valence-corrected chi connectivity index (χ3v) is 3.86. The number of benzene rings is 1. The van der Waals surface area contributed by atoms with Crippen molar-refractivity contribution in [1.29, 1.82) is 0 Å². The van der Waals surface area contributed by atoms with Gasteiger partial charge in [-0.15, -0.1) is 11.6 Å². The number of ether oxygens (including phenoxy) is 2. The van der Waals surface area contributed by atoms with E-state index in [0.29, 0.717) is 18.7 Å². The second-order valence-electron chi connectivity index (χ2n) is 5.33. The lowest BCUT2D eigenvalue weighted by molar-refractivity contribution is -0.187. The molecule has 2 rings (SSSR count). The molecule has 140 valence electrons. The molecule has 0 N–H and O–H groups in total. The Labute approximate surface area is 159 Å². The highest BCUT2D eigenvalue weighted by Gasteiger charge is 2.49. The highest BCUT2D eigenvalue weighted by atomic mass is 35.5. The minimum absolute atomic E-state index is 0.0551. The average Bonchev–Trinajstić information content (AvgIpc) is 2.56. The molecule has 0 spiro atoms. The number of rotatable bonds is 4. The summed E-state index contributed by atoms with van der Waals surface area (Å²) in [7, 11) is 0. The van der Waals surface area contributed by atoms with Gasteiger partial charge >= 0.3 is 12.1 Å². The SMILES string of the molecule is CCOC(=O)C1=Cc2cc(Cl)cc(C#CCCCCl)c2OC1C(F)(F)F. The zero-order valence-electron chi connectivity index (χ0n) is 13.8. The molecule has 3 nitrogen and oxygen atoms in total. The van der Waals surface area contributed by atoms with Gasteiger partial charge in [0.05, 0.1) is 17.7 Å². The Morgan fingerprint density at radius 3 is 2.73 bits per heavy atom. The molecular weight excluding hydrogens is 392 g/mol. The smallest absolute Gasteiger partial charge is 0.430 e. The van der Waals surface area contributed by atoms with Gasteiger partial charge in [0.15, 0.2) is 0 Å². The van der Waals surface area contributed by atoms with E-state index in [4.69, 9.17) is 32.7 Å². The normalized spacial score (nSPS) is 15.9. The summed E-state index contributed by atoms with van der Waals surface area (Å²) in [6.45, 7) is 1.45. The fourth-order valence-corrected chi connectivity index (χ4v) is 2.67. The van der Waals surface area contributed by atoms with Gasteiger partial charge in [0.2, 0.25) is 6.10 Å². The van der Waals surface area contributed by atoms with Gasteiger partial charge in [-0.1, -0.05) is 23.4 Å². The first-order valence-corrected chi connectivity index (χ1v) is 8.69. The van der Waals surface area contributed by atoms with E-state index in [-0.39, 0.29) is 28.5 Å². The molecule has 0 aromatic heterocycles. The van der Waals surface area contributed by atoms with Gasteiger partial charge < -0.3 is 9.47 Å². The van der Waals surface area contributed by atoms with Crippen LogP contribution in [0.1, 0.15) is 30.9 Å². The lowest BCUT2D eigenvalue weighted by atomic mass is 9.98. The number of halogens is 5. The van der Waals surface area contributed by atoms with Crippen molar-refractivity contribution in [3.05, 3.63) is 33.9 Å². The maximum atomic E-state index is 13.4. The molecule has 0 bridgehead atoms. The zero-order valence-corrected chi connectivity index (χ0v) is 15.3. The molecule has 1 unspecified atom stereocenters. The summed E-state index contributed by atoms with van der Waals surface area (Å²) in [4.78, 5) is 11.9. The predicted octanol–water partition coefficient (Wildman–Crippen LogP) is 4.98. The van der Waals surface area contributed by atoms with Crippen molar-refractivity contribution in [3.8, 4) is 17.6 Å². The number of unbranched alkanes of at least 4 members (excludes halogenated alkanes) is 1. The lowest BCUT2D eigenvalue weighted by Gasteiger charge is -2.28. The first kappa shape index (κ1) is 20.5. The van der Waals surface area contributed by atoms with Crippen molar-refractivity contribution in [2.45, 2.75) is 32.0 Å². The summed E-state index contributed by atoms with van der Waals surface area (Å²) in [6.07, 6.45) is -5.00. The Hall–Kier alpha value is -1.84. The van der Waals surface area contributed by atoms with E-state index in [1.54, 1.807) is 0 Å². The molecule has 0 saturated carbocycles. The van der Waals surface area contributed by atoms with Crippen molar-refractivity contribution in [3.63, 3.8) is 0 Å². The zero-order chi connectivity index (χ0) is 19.3. The molecule has 1 atom stereocenters. The predicted molar refractivity (Wildman–Crippen MR) is 93.4 cm³/mol. The number of hydrogen-bond acceptors (Lipinski definition) is 3. The van der Waals surface area contributed by atoms with Crippen LogP contribution in [-0.2, 0) is 9.53 Å². The fraction of sp³-hybridized carbons (Fsp3) is 0.389. The van der Waals surface area contributed by atoms with Gasteiger partial charge in [-0.2, -0.15) is 13.2 Å². The highest BCUT2D eigenvalue weighted by Crippen LogP contribution is 2.40. The summed E-state index contributed by atoms with van der Waals surface area (Å²) in [5, 5.41) is 0.263. The summed E-state index contributed by atoms with van der Waals surface area (Å²) >= 11 is 11.6. The Bertz CT molecular complexity index is 776. The standard InChI is InChI=1S/C18H15Cl2F3O3/c1-2-25-17(24)14-10-12-9-13(20)8-11(6-4-3-5-7-19)15(12)26-16(14)18(21,22)23/h8-10,16H,2-3,5,7H2,1H3. The van der Waals surface area contributed by atoms with Crippen LogP contribution in [0.15, 0.2) is 17.7 Å². The number of hydrogen-bond donors (Lipinski definition) is 0. The van der Waals surface area contributed by atoms with Crippen LogP contribution in [0.25, 0.3) is 6.08 Å². The van der Waals surface area contributed by atoms with E-state index in [9.17, 15) is 18.0 Å². The van der Waals surface area contributed by atoms with Crippen LogP contribution in [0.3, 0.4) is 0 Å². The van der Waals surface area contributed by atoms with E-state index in [2.05, 4.69) is 11.8 Å². The Morgan fingerprint density at radius 2 is 2.12 bits per heavy atom. The minimum atomic E-state index is -4.79. The maximum Gasteiger partial charge on any atom is 0.430 e. The van der Waals surface area contributed by atoms with Crippen LogP contribution in [0.4, 0.5) is 13.2 Å². The minimum Gasteiger partial charge on any atom is -0.474 e. The van der Waals surface area contributed by atoms with Crippen molar-refractivity contribution in [2.24, 2.45) is 0 Å². The van der Waals surface area contributed by atoms with Crippen molar-refractivity contribution in [2.75, 3.05) is 12.5 Å². The Balaban J connectivity index is 2.52. The number of fused-ring (bicyclic) bond motifs is 1. The van der Waals surface area contributed by atoms with E-state index in [1.165, 1.54) is 19.1 Å². The number of carbonyl (C=O) groups is 1. The average molecular weight is 407 g/mol. The molecule has 26 heavy (non-hydrogen) atoms. The van der Waals surface area contributed by atoms with Gasteiger partial charge in [-0.05, 0) is 31.6 Å². The van der Waals surface area contributed by atoms with Gasteiger partial charge in [-0.25, -0.2) is 4.79 Å². The molecule has 1 aromatic rings. The van der Waals surface area contributed by atoms with Crippen molar-refractivity contribution < 1.29 is 27.4 Å². The second-order valence-corrected chi connectivity index (χ2v) is 6.14. The third-order valence-electron chi connectivity index (χ3n) is 3.38. The molecule has 0 amide bonds. The van der Waals surface area contributed by atoms with Crippen LogP contribution in [0.2, 0.25) is 5.02 Å². The van der Waals surface area contributed by atoms with Crippen LogP contribution in [0.5, 0.6) is 5.75 Å². The van der Waals surface area contributed by atoms with Crippen LogP contribution in [0, 0.1) is 11.8 Å². The number of esters is 1. The van der Waals surface area contributed by atoms with Gasteiger partial charge in [-0.3, -0.25) is 0 Å². The molecule has 0 aliphatic carbocycles. The number of alkyl halides is 4. The Kier molecular flexibility index (Phi) is 6.85. The summed E-state index contributed by atoms with van der Waals surface area (Å²) in [5.41, 5.74) is -0.173. The van der Waals surface area contributed by atoms with E-state index in [0.717, 1.165) is 6.08 Å². The molecule has 0 saturated heterocycles. The second kappa shape index (κ2) is 8.70. The van der Waals surface area contributed by atoms with Gasteiger partial charge in [0.1, 0.15) is 5.75 Å². The maximum absolute atomic E-state index is 13.4. The van der Waals surface area contributed by atoms with Crippen LogP contribution in [-0.4, -0.2) is 30.7 Å². The van der Waals surface area contributed by atoms with E-state index in [1.807, 2.05) is 0 Å². The highest BCUT2D eigenvalue weighted by molar-refractivity contribution is 6.31. The topological polar surface area (TPSA) is 35.5 Å². The summed E-state index contributed by atoms with van der Waals surface area (Å²) < 4.78 is 50.0. The molecule has 1 aromatic carbocycles. The first-order chi connectivity index (χ1) is 12.3. The largest absolute Gasteiger partial charge is 0.474 e. The third kappa shape index (κ3) is 4.87. The molecular formula is C18H15Cl2F3O3. The summed E-state index contributed by atoms with van der Waals surface area (Å²) in [5.74, 6) is 4.86. The van der Waals surface area contributed by atoms with E-state index < -0.39 is 23.8 Å². The Morgan fingerprint density at radius 1 is 1.38 bits per heavy atom. The molecule has 0 radical (unpaired) electrons. The number of carbonyl (C=O) groups excluding carboxylic acids is 1. The van der Waals surface area contributed by atoms with Crippen molar-refractivity contribution in [1.82, 2.24) is 0 Å². The monoisotopic (exact) mass is 406 g/mol. The van der Waals surface area contributed by atoms with Gasteiger partial charge in [0, 0.05) is 22.9 Å². The summed E-state index contributed by atoms with van der Waals surface area (Å²) in [6, 6.07) is 2.83. The molecule has 8 heteroatoms. The fourth-order valence-electron chi connectivity index (χ4n) is 2.31.